The Bertz CT molecular complexity index is 351. The summed E-state index contributed by atoms with van der Waals surface area (Å²) >= 11 is 0. The van der Waals surface area contributed by atoms with Crippen LogP contribution in [0.1, 0.15) is 45.9 Å². The Balaban J connectivity index is 2.77. The van der Waals surface area contributed by atoms with Gasteiger partial charge >= 0.3 is 0 Å². The fraction of sp³-hybridized carbons (Fsp3) is 0.667. The minimum Gasteiger partial charge on any atom is -0.396 e. The van der Waals surface area contributed by atoms with Crippen LogP contribution in [0.5, 0.6) is 0 Å². The van der Waals surface area contributed by atoms with Crippen LogP contribution in [-0.2, 0) is 0 Å². The lowest BCUT2D eigenvalue weighted by atomic mass is 10.2. The van der Waals surface area contributed by atoms with Crippen LogP contribution in [0.25, 0.3) is 0 Å². The molecule has 108 valence electrons. The fourth-order valence-electron chi connectivity index (χ4n) is 2.16. The highest BCUT2D eigenvalue weighted by Crippen LogP contribution is 2.18. The lowest BCUT2D eigenvalue weighted by Crippen LogP contribution is -2.32. The summed E-state index contributed by atoms with van der Waals surface area (Å²) in [5, 5.41) is 12.3. The highest BCUT2D eigenvalue weighted by Gasteiger charge is 2.11. The largest absolute Gasteiger partial charge is 0.396 e. The maximum absolute atomic E-state index is 8.97. The van der Waals surface area contributed by atoms with Crippen molar-refractivity contribution in [1.82, 2.24) is 10.3 Å². The molecule has 0 aliphatic carbocycles. The number of rotatable bonds is 8. The van der Waals surface area contributed by atoms with Gasteiger partial charge in [-0.05, 0) is 45.9 Å². The molecule has 0 aliphatic heterocycles. The third-order valence-corrected chi connectivity index (χ3v) is 3.24. The van der Waals surface area contributed by atoms with E-state index < -0.39 is 0 Å². The first kappa shape index (κ1) is 15.9. The molecular formula is C15H27N3O. The predicted molar refractivity (Wildman–Crippen MR) is 80.5 cm³/mol. The molecule has 0 radical (unpaired) electrons. The number of hydrogen-bond acceptors (Lipinski definition) is 4. The van der Waals surface area contributed by atoms with Crippen molar-refractivity contribution in [3.8, 4) is 0 Å². The Hall–Kier alpha value is -1.13. The van der Waals surface area contributed by atoms with Crippen molar-refractivity contribution in [3.63, 3.8) is 0 Å². The molecule has 0 aliphatic rings. The smallest absolute Gasteiger partial charge is 0.0572 e. The van der Waals surface area contributed by atoms with Crippen LogP contribution in [0.15, 0.2) is 18.3 Å². The van der Waals surface area contributed by atoms with Gasteiger partial charge in [0, 0.05) is 25.2 Å². The number of anilines is 1. The van der Waals surface area contributed by atoms with Crippen molar-refractivity contribution in [2.24, 2.45) is 0 Å². The van der Waals surface area contributed by atoms with Gasteiger partial charge in [0.05, 0.1) is 17.6 Å². The molecule has 4 heteroatoms. The molecule has 0 saturated heterocycles. The van der Waals surface area contributed by atoms with E-state index in [0.29, 0.717) is 6.04 Å². The van der Waals surface area contributed by atoms with Gasteiger partial charge in [0.1, 0.15) is 0 Å². The molecule has 1 atom stereocenters. The molecule has 0 spiro atoms. The number of aliphatic hydroxyl groups is 1. The molecule has 1 unspecified atom stereocenters. The van der Waals surface area contributed by atoms with Gasteiger partial charge in [-0.2, -0.15) is 0 Å². The first-order chi connectivity index (χ1) is 9.10. The Labute approximate surface area is 116 Å². The molecule has 4 nitrogen and oxygen atoms in total. The molecule has 0 aromatic carbocycles. The lowest BCUT2D eigenvalue weighted by Gasteiger charge is -2.28. The van der Waals surface area contributed by atoms with Crippen LogP contribution in [0.4, 0.5) is 5.69 Å². The SMILES string of the molecule is CCNC(C)c1ccc(N(CCCO)C(C)C)cn1. The second-order valence-electron chi connectivity index (χ2n) is 5.08. The van der Waals surface area contributed by atoms with E-state index in [0.717, 1.165) is 30.9 Å². The second-order valence-corrected chi connectivity index (χ2v) is 5.08. The standard InChI is InChI=1S/C15H27N3O/c1-5-16-13(4)15-8-7-14(11-17-15)18(12(2)3)9-6-10-19/h7-8,11-13,16,19H,5-6,9-10H2,1-4H3. The van der Waals surface area contributed by atoms with Gasteiger partial charge in [0.2, 0.25) is 0 Å². The summed E-state index contributed by atoms with van der Waals surface area (Å²) in [6, 6.07) is 4.89. The van der Waals surface area contributed by atoms with Crippen molar-refractivity contribution >= 4 is 5.69 Å². The van der Waals surface area contributed by atoms with Crippen LogP contribution < -0.4 is 10.2 Å². The first-order valence-corrected chi connectivity index (χ1v) is 7.17. The Morgan fingerprint density at radius 2 is 2.05 bits per heavy atom. The fourth-order valence-corrected chi connectivity index (χ4v) is 2.16. The van der Waals surface area contributed by atoms with E-state index in [-0.39, 0.29) is 12.6 Å². The maximum Gasteiger partial charge on any atom is 0.0572 e. The van der Waals surface area contributed by atoms with Crippen LogP contribution in [-0.4, -0.2) is 35.8 Å². The minimum absolute atomic E-state index is 0.228. The Morgan fingerprint density at radius 1 is 1.32 bits per heavy atom. The van der Waals surface area contributed by atoms with E-state index in [1.807, 2.05) is 6.20 Å². The molecule has 0 saturated carbocycles. The zero-order valence-corrected chi connectivity index (χ0v) is 12.6. The quantitative estimate of drug-likeness (QED) is 0.757. The van der Waals surface area contributed by atoms with Crippen molar-refractivity contribution in [1.29, 1.82) is 0 Å². The highest BCUT2D eigenvalue weighted by molar-refractivity contribution is 5.45. The monoisotopic (exact) mass is 265 g/mol. The zero-order valence-electron chi connectivity index (χ0n) is 12.6. The van der Waals surface area contributed by atoms with Gasteiger partial charge in [0.25, 0.3) is 0 Å². The minimum atomic E-state index is 0.228. The highest BCUT2D eigenvalue weighted by atomic mass is 16.3. The number of aromatic nitrogens is 1. The summed E-state index contributed by atoms with van der Waals surface area (Å²) < 4.78 is 0. The summed E-state index contributed by atoms with van der Waals surface area (Å²) in [6.07, 6.45) is 2.72. The third kappa shape index (κ3) is 4.80. The van der Waals surface area contributed by atoms with Crippen LogP contribution in [0, 0.1) is 0 Å². The van der Waals surface area contributed by atoms with Crippen molar-refractivity contribution < 1.29 is 5.11 Å². The van der Waals surface area contributed by atoms with Gasteiger partial charge in [-0.25, -0.2) is 0 Å². The summed E-state index contributed by atoms with van der Waals surface area (Å²) in [5.41, 5.74) is 2.19. The maximum atomic E-state index is 8.97. The van der Waals surface area contributed by atoms with Gasteiger partial charge in [0.15, 0.2) is 0 Å². The van der Waals surface area contributed by atoms with Crippen molar-refractivity contribution in [2.45, 2.75) is 46.2 Å². The molecule has 19 heavy (non-hydrogen) atoms. The van der Waals surface area contributed by atoms with Crippen molar-refractivity contribution in [3.05, 3.63) is 24.0 Å². The number of pyridine rings is 1. The summed E-state index contributed by atoms with van der Waals surface area (Å²) in [5.74, 6) is 0. The van der Waals surface area contributed by atoms with E-state index in [4.69, 9.17) is 5.11 Å². The van der Waals surface area contributed by atoms with Crippen LogP contribution >= 0.6 is 0 Å². The normalized spacial score (nSPS) is 12.7. The van der Waals surface area contributed by atoms with Gasteiger partial charge in [-0.3, -0.25) is 4.98 Å². The average molecular weight is 265 g/mol. The van der Waals surface area contributed by atoms with Crippen molar-refractivity contribution in [2.75, 3.05) is 24.6 Å². The Morgan fingerprint density at radius 3 is 2.53 bits per heavy atom. The van der Waals surface area contributed by atoms with Crippen LogP contribution in [0.2, 0.25) is 0 Å². The summed E-state index contributed by atoms with van der Waals surface area (Å²) in [4.78, 5) is 6.81. The Kier molecular flexibility index (Phi) is 6.81. The molecule has 1 aromatic heterocycles. The molecule has 2 N–H and O–H groups in total. The van der Waals surface area contributed by atoms with Gasteiger partial charge in [-0.1, -0.05) is 6.92 Å². The molecule has 0 amide bonds. The number of nitrogens with zero attached hydrogens (tertiary/aromatic N) is 2. The summed E-state index contributed by atoms with van der Waals surface area (Å²) in [7, 11) is 0. The lowest BCUT2D eigenvalue weighted by molar-refractivity contribution is 0.288. The van der Waals surface area contributed by atoms with E-state index in [9.17, 15) is 0 Å². The van der Waals surface area contributed by atoms with E-state index in [1.165, 1.54) is 0 Å². The predicted octanol–water partition coefficient (Wildman–Crippen LogP) is 2.35. The number of aliphatic hydroxyl groups excluding tert-OH is 1. The molecule has 1 rings (SSSR count). The van der Waals surface area contributed by atoms with Crippen LogP contribution in [0.3, 0.4) is 0 Å². The van der Waals surface area contributed by atoms with E-state index in [1.54, 1.807) is 0 Å². The number of hydrogen-bond donors (Lipinski definition) is 2. The third-order valence-electron chi connectivity index (χ3n) is 3.24. The van der Waals surface area contributed by atoms with Gasteiger partial charge in [-0.15, -0.1) is 0 Å². The molecule has 1 aromatic rings. The first-order valence-electron chi connectivity index (χ1n) is 7.17. The molecular weight excluding hydrogens is 238 g/mol. The molecule has 0 fully saturated rings. The second kappa shape index (κ2) is 8.12. The summed E-state index contributed by atoms with van der Waals surface area (Å²) in [6.45, 7) is 10.6. The van der Waals surface area contributed by atoms with E-state index >= 15 is 0 Å². The average Bonchev–Trinajstić information content (AvgIpc) is 2.40. The topological polar surface area (TPSA) is 48.4 Å². The number of nitrogens with one attached hydrogen (secondary N) is 1. The van der Waals surface area contributed by atoms with E-state index in [2.05, 4.69) is 55.0 Å². The molecule has 0 bridgehead atoms. The van der Waals surface area contributed by atoms with Gasteiger partial charge < -0.3 is 15.3 Å². The molecule has 1 heterocycles. The zero-order chi connectivity index (χ0) is 14.3.